The number of fused-ring (bicyclic) bond motifs is 4. The predicted octanol–water partition coefficient (Wildman–Crippen LogP) is 14.2. The third kappa shape index (κ3) is 7.83. The van der Waals surface area contributed by atoms with E-state index < -0.39 is 0 Å². The third-order valence-electron chi connectivity index (χ3n) is 11.2. The molecular weight excluding hydrogens is 892 g/mol. The predicted molar refractivity (Wildman–Crippen MR) is 239 cm³/mol. The Morgan fingerprint density at radius 3 is 1.86 bits per heavy atom. The number of hydrogen-bond donors (Lipinski definition) is 0. The molecule has 0 radical (unpaired) electrons. The molecule has 0 unspecified atom stereocenters. The molecule has 5 aromatic carbocycles. The van der Waals surface area contributed by atoms with Crippen LogP contribution in [0.25, 0.3) is 27.6 Å². The van der Waals surface area contributed by atoms with Gasteiger partial charge in [0.1, 0.15) is 5.82 Å². The van der Waals surface area contributed by atoms with Gasteiger partial charge >= 0.3 is 0 Å². The van der Waals surface area contributed by atoms with Gasteiger partial charge in [0.05, 0.1) is 0 Å². The molecule has 0 atom stereocenters. The smallest absolute Gasteiger partial charge is 0.135 e. The fourth-order valence-electron chi connectivity index (χ4n) is 7.60. The van der Waals surface area contributed by atoms with Crippen LogP contribution >= 0.6 is 0 Å². The number of pyridine rings is 1. The van der Waals surface area contributed by atoms with Crippen molar-refractivity contribution in [3.05, 3.63) is 150 Å². The fourth-order valence-corrected chi connectivity index (χ4v) is 7.60. The average molecular weight is 947 g/mol. The first-order chi connectivity index (χ1) is 26.8. The van der Waals surface area contributed by atoms with E-state index in [1.54, 1.807) is 0 Å². The first-order valence-electron chi connectivity index (χ1n) is 20.1. The van der Waals surface area contributed by atoms with Gasteiger partial charge < -0.3 is 19.1 Å². The van der Waals surface area contributed by atoms with E-state index in [0.29, 0.717) is 11.5 Å². The Bertz CT molecular complexity index is 2640. The van der Waals surface area contributed by atoms with Crippen LogP contribution in [0.2, 0.25) is 0 Å². The normalized spacial score (nSPS) is 13.6. The third-order valence-corrected chi connectivity index (χ3v) is 11.2. The topological polar surface area (TPSA) is 33.5 Å². The maximum Gasteiger partial charge on any atom is 0.135 e. The Balaban J connectivity index is 0.00000512. The summed E-state index contributed by atoms with van der Waals surface area (Å²) >= 11 is 0. The van der Waals surface area contributed by atoms with Crippen molar-refractivity contribution < 1.29 is 25.8 Å². The second-order valence-electron chi connectivity index (χ2n) is 19.7. The molecule has 0 N–H and O–H groups in total. The fraction of sp³-hybridized carbons (Fsp3) is 0.308. The number of benzene rings is 5. The molecule has 2 aromatic heterocycles. The van der Waals surface area contributed by atoms with Crippen LogP contribution in [-0.4, -0.2) is 9.55 Å². The summed E-state index contributed by atoms with van der Waals surface area (Å²) in [6.45, 7) is 29.2. The first-order valence-corrected chi connectivity index (χ1v) is 20.1. The minimum absolute atomic E-state index is 0. The zero-order chi connectivity index (χ0) is 40.7. The molecule has 302 valence electrons. The molecule has 6 heteroatoms. The van der Waals surface area contributed by atoms with Crippen LogP contribution in [0, 0.1) is 18.8 Å². The number of hydrogen-bond acceptors (Lipinski definition) is 4. The van der Waals surface area contributed by atoms with E-state index in [2.05, 4.69) is 201 Å². The van der Waals surface area contributed by atoms with Crippen molar-refractivity contribution in [2.45, 2.75) is 105 Å². The number of nitrogens with zero attached hydrogens (tertiary/aromatic N) is 4. The van der Waals surface area contributed by atoms with E-state index in [-0.39, 0.29) is 42.7 Å². The van der Waals surface area contributed by atoms with Crippen molar-refractivity contribution in [3.63, 3.8) is 0 Å². The van der Waals surface area contributed by atoms with Crippen molar-refractivity contribution >= 4 is 44.6 Å². The van der Waals surface area contributed by atoms with E-state index in [1.165, 1.54) is 27.6 Å². The molecule has 0 saturated heterocycles. The molecule has 0 spiro atoms. The Morgan fingerprint density at radius 2 is 1.16 bits per heavy atom. The Kier molecular flexibility index (Phi) is 10.5. The molecule has 0 aliphatic carbocycles. The molecule has 0 fully saturated rings. The van der Waals surface area contributed by atoms with Crippen LogP contribution in [0.4, 0.5) is 22.7 Å². The molecule has 8 rings (SSSR count). The maximum absolute atomic E-state index is 6.66. The summed E-state index contributed by atoms with van der Waals surface area (Å²) in [5.41, 5.74) is 11.3. The molecular formula is C52H55N4OPt-3. The molecule has 0 saturated carbocycles. The van der Waals surface area contributed by atoms with Gasteiger partial charge in [-0.3, -0.25) is 0 Å². The minimum atomic E-state index is -0.0240. The molecule has 7 aromatic rings. The van der Waals surface area contributed by atoms with Crippen LogP contribution in [0.1, 0.15) is 105 Å². The van der Waals surface area contributed by atoms with Gasteiger partial charge in [-0.1, -0.05) is 119 Å². The summed E-state index contributed by atoms with van der Waals surface area (Å²) in [6, 6.07) is 44.3. The van der Waals surface area contributed by atoms with E-state index in [1.807, 2.05) is 24.4 Å². The molecule has 58 heavy (non-hydrogen) atoms. The van der Waals surface area contributed by atoms with Crippen LogP contribution in [-0.2, 0) is 42.7 Å². The number of aromatic nitrogens is 2. The van der Waals surface area contributed by atoms with E-state index in [4.69, 9.17) is 9.72 Å². The van der Waals surface area contributed by atoms with Crippen molar-refractivity contribution in [3.8, 4) is 17.3 Å². The van der Waals surface area contributed by atoms with E-state index in [0.717, 1.165) is 45.0 Å². The summed E-state index contributed by atoms with van der Waals surface area (Å²) in [5.74, 6) is 2.09. The Hall–Kier alpha value is -4.86. The Labute approximate surface area is 360 Å². The standard InChI is InChI=1S/C52H55N4O.Pt/c1-49(2,3)34-15-13-16-38(27-34)54-33-55(47-29-36(51(7,8)9)20-24-45(47)54)39-17-14-18-40(31-39)57-41-21-22-42-43-28-35(50(4,5)6)19-23-44(43)56(46(42)32-41)48-30-37(25-26-53-48)52(10,11)12;/h13-30,33H,1-12H3;/q-3;. The van der Waals surface area contributed by atoms with E-state index >= 15 is 0 Å². The van der Waals surface area contributed by atoms with Gasteiger partial charge in [-0.25, -0.2) is 4.98 Å². The van der Waals surface area contributed by atoms with Crippen molar-refractivity contribution in [2.24, 2.45) is 0 Å². The quantitative estimate of drug-likeness (QED) is 0.161. The van der Waals surface area contributed by atoms with Gasteiger partial charge in [-0.15, -0.1) is 48.1 Å². The van der Waals surface area contributed by atoms with E-state index in [9.17, 15) is 0 Å². The second-order valence-corrected chi connectivity index (χ2v) is 19.7. The van der Waals surface area contributed by atoms with Crippen LogP contribution in [0.15, 0.2) is 109 Å². The molecule has 5 nitrogen and oxygen atoms in total. The monoisotopic (exact) mass is 946 g/mol. The van der Waals surface area contributed by atoms with Gasteiger partial charge in [0.15, 0.2) is 0 Å². The van der Waals surface area contributed by atoms with Gasteiger partial charge in [0.25, 0.3) is 0 Å². The molecule has 3 heterocycles. The van der Waals surface area contributed by atoms with Gasteiger partial charge in [0.2, 0.25) is 0 Å². The molecule has 0 bridgehead atoms. The summed E-state index contributed by atoms with van der Waals surface area (Å²) in [7, 11) is 0. The average Bonchev–Trinajstić information content (AvgIpc) is 3.69. The summed E-state index contributed by atoms with van der Waals surface area (Å²) < 4.78 is 8.89. The second kappa shape index (κ2) is 14.8. The van der Waals surface area contributed by atoms with Crippen LogP contribution in [0.5, 0.6) is 11.5 Å². The summed E-state index contributed by atoms with van der Waals surface area (Å²) in [6.07, 6.45) is 1.91. The largest absolute Gasteiger partial charge is 0.509 e. The van der Waals surface area contributed by atoms with Crippen LogP contribution in [0.3, 0.4) is 0 Å². The molecule has 1 aliphatic heterocycles. The van der Waals surface area contributed by atoms with Crippen molar-refractivity contribution in [1.29, 1.82) is 0 Å². The number of ether oxygens (including phenoxy) is 1. The van der Waals surface area contributed by atoms with Gasteiger partial charge in [-0.2, -0.15) is 12.1 Å². The van der Waals surface area contributed by atoms with Gasteiger partial charge in [-0.05, 0) is 91.8 Å². The number of rotatable bonds is 5. The molecule has 0 amide bonds. The van der Waals surface area contributed by atoms with Crippen molar-refractivity contribution in [2.75, 3.05) is 9.80 Å². The van der Waals surface area contributed by atoms with Crippen molar-refractivity contribution in [1.82, 2.24) is 9.55 Å². The molecule has 1 aliphatic rings. The zero-order valence-electron chi connectivity index (χ0n) is 36.0. The minimum Gasteiger partial charge on any atom is -0.509 e. The number of anilines is 4. The Morgan fingerprint density at radius 1 is 0.534 bits per heavy atom. The first kappa shape index (κ1) is 41.3. The summed E-state index contributed by atoms with van der Waals surface area (Å²) in [4.78, 5) is 9.42. The van der Waals surface area contributed by atoms with Crippen LogP contribution < -0.4 is 14.5 Å². The van der Waals surface area contributed by atoms with Gasteiger partial charge in [0, 0.05) is 61.3 Å². The SMILES string of the molecule is CC(C)(C)c1cccc(N2[CH-]N(c3[c-]c(Oc4[c-]c5c(cc4)c4cc(C(C)(C)C)ccc4n5-c4cc(C(C)(C)C)ccn4)ccc3)c3cc(C(C)(C)C)ccc32)c1.[Pt]. The summed E-state index contributed by atoms with van der Waals surface area (Å²) in [5, 5.41) is 2.28. The maximum atomic E-state index is 6.66. The zero-order valence-corrected chi connectivity index (χ0v) is 38.3.